The van der Waals surface area contributed by atoms with Crippen LogP contribution in [-0.4, -0.2) is 0 Å². The summed E-state index contributed by atoms with van der Waals surface area (Å²) in [6.07, 6.45) is 0. The highest BCUT2D eigenvalue weighted by atomic mass is 14.3. The molecule has 0 saturated carbocycles. The van der Waals surface area contributed by atoms with E-state index < -0.39 is 0 Å². The van der Waals surface area contributed by atoms with E-state index in [4.69, 9.17) is 5.26 Å². The normalized spacial score (nSPS) is 10.2. The van der Waals surface area contributed by atoms with Crippen molar-refractivity contribution in [2.24, 2.45) is 5.41 Å². The van der Waals surface area contributed by atoms with Crippen LogP contribution in [0.4, 0.5) is 0 Å². The van der Waals surface area contributed by atoms with E-state index in [1.165, 1.54) is 0 Å². The molecule has 8 heavy (non-hydrogen) atoms. The van der Waals surface area contributed by atoms with Crippen molar-refractivity contribution in [2.75, 3.05) is 0 Å². The summed E-state index contributed by atoms with van der Waals surface area (Å²) in [7, 11) is 0. The third-order valence-corrected chi connectivity index (χ3v) is 1.35. The summed E-state index contributed by atoms with van der Waals surface area (Å²) in [5.74, 6) is 0. The molecule has 0 fully saturated rings. The maximum Gasteiger partial charge on any atom is 0.0728 e. The molecule has 0 aromatic heterocycles. The Hall–Kier alpha value is -0.770. The van der Waals surface area contributed by atoms with Gasteiger partial charge in [-0.25, -0.2) is 0 Å². The Bertz CT molecular complexity index is 137. The highest BCUT2D eigenvalue weighted by Gasteiger charge is 2.15. The molecule has 0 bridgehead atoms. The van der Waals surface area contributed by atoms with Crippen molar-refractivity contribution in [3.63, 3.8) is 0 Å². The second-order valence-corrected chi connectivity index (χ2v) is 2.52. The predicted octanol–water partition coefficient (Wildman–Crippen LogP) is 2.11. The summed E-state index contributed by atoms with van der Waals surface area (Å²) in [5, 5.41) is 8.45. The van der Waals surface area contributed by atoms with Gasteiger partial charge in [-0.15, -0.1) is 0 Å². The molecule has 0 aliphatic carbocycles. The van der Waals surface area contributed by atoms with Gasteiger partial charge in [0.1, 0.15) is 0 Å². The van der Waals surface area contributed by atoms with Gasteiger partial charge in [0.05, 0.1) is 11.5 Å². The molecule has 0 N–H and O–H groups in total. The molecule has 0 unspecified atom stereocenters. The molecule has 0 aromatic carbocycles. The smallest absolute Gasteiger partial charge is 0.0728 e. The molecule has 1 heteroatoms. The van der Waals surface area contributed by atoms with Crippen molar-refractivity contribution in [3.05, 3.63) is 12.2 Å². The average Bonchev–Trinajstić information content (AvgIpc) is 1.67. The molecule has 0 amide bonds. The van der Waals surface area contributed by atoms with Gasteiger partial charge in [0.25, 0.3) is 0 Å². The number of nitriles is 1. The average molecular weight is 109 g/mol. The number of allylic oxidation sites excluding steroid dienone is 1. The van der Waals surface area contributed by atoms with Gasteiger partial charge in [0.15, 0.2) is 0 Å². The zero-order valence-electron chi connectivity index (χ0n) is 5.65. The Morgan fingerprint density at radius 3 is 2.00 bits per heavy atom. The number of hydrogen-bond donors (Lipinski definition) is 0. The first-order valence-corrected chi connectivity index (χ1v) is 2.58. The van der Waals surface area contributed by atoms with Crippen molar-refractivity contribution >= 4 is 0 Å². The minimum absolute atomic E-state index is 0.347. The second-order valence-electron chi connectivity index (χ2n) is 2.52. The van der Waals surface area contributed by atoms with Gasteiger partial charge in [0, 0.05) is 0 Å². The van der Waals surface area contributed by atoms with Crippen LogP contribution in [0.25, 0.3) is 0 Å². The first-order chi connectivity index (χ1) is 3.50. The summed E-state index contributed by atoms with van der Waals surface area (Å²) in [6, 6.07) is 2.14. The van der Waals surface area contributed by atoms with Crippen molar-refractivity contribution < 1.29 is 0 Å². The fourth-order valence-corrected chi connectivity index (χ4v) is 0.0954. The molecule has 0 heterocycles. The lowest BCUT2D eigenvalue weighted by atomic mass is 9.88. The SMILES string of the molecule is C=C(C)C(C)(C)C#N. The van der Waals surface area contributed by atoms with E-state index in [1.54, 1.807) is 0 Å². The van der Waals surface area contributed by atoms with E-state index in [0.29, 0.717) is 0 Å². The van der Waals surface area contributed by atoms with Gasteiger partial charge in [-0.3, -0.25) is 0 Å². The molecule has 1 nitrogen and oxygen atoms in total. The molecule has 0 spiro atoms. The fourth-order valence-electron chi connectivity index (χ4n) is 0.0954. The van der Waals surface area contributed by atoms with Crippen LogP contribution in [0.1, 0.15) is 20.8 Å². The van der Waals surface area contributed by atoms with Crippen LogP contribution in [0.15, 0.2) is 12.2 Å². The van der Waals surface area contributed by atoms with E-state index >= 15 is 0 Å². The van der Waals surface area contributed by atoms with Gasteiger partial charge in [0.2, 0.25) is 0 Å². The zero-order valence-corrected chi connectivity index (χ0v) is 5.65. The fraction of sp³-hybridized carbons (Fsp3) is 0.571. The van der Waals surface area contributed by atoms with E-state index in [1.807, 2.05) is 20.8 Å². The van der Waals surface area contributed by atoms with Gasteiger partial charge in [-0.1, -0.05) is 12.2 Å². The van der Waals surface area contributed by atoms with Crippen molar-refractivity contribution in [1.29, 1.82) is 5.26 Å². The van der Waals surface area contributed by atoms with Crippen LogP contribution in [0.3, 0.4) is 0 Å². The quantitative estimate of drug-likeness (QED) is 0.473. The topological polar surface area (TPSA) is 23.8 Å². The van der Waals surface area contributed by atoms with Crippen LogP contribution < -0.4 is 0 Å². The first kappa shape index (κ1) is 7.23. The zero-order chi connectivity index (χ0) is 6.78. The number of rotatable bonds is 1. The van der Waals surface area contributed by atoms with Crippen LogP contribution in [-0.2, 0) is 0 Å². The Kier molecular flexibility index (Phi) is 1.81. The predicted molar refractivity (Wildman–Crippen MR) is 34.2 cm³/mol. The maximum atomic E-state index is 8.45. The summed E-state index contributed by atoms with van der Waals surface area (Å²) < 4.78 is 0. The van der Waals surface area contributed by atoms with Crippen molar-refractivity contribution in [1.82, 2.24) is 0 Å². The van der Waals surface area contributed by atoms with Crippen molar-refractivity contribution in [3.8, 4) is 6.07 Å². The van der Waals surface area contributed by atoms with Gasteiger partial charge >= 0.3 is 0 Å². The molecule has 0 aromatic rings. The number of hydrogen-bond acceptors (Lipinski definition) is 1. The van der Waals surface area contributed by atoms with Crippen LogP contribution in [0.2, 0.25) is 0 Å². The number of nitrogens with zero attached hydrogens (tertiary/aromatic N) is 1. The monoisotopic (exact) mass is 109 g/mol. The largest absolute Gasteiger partial charge is 0.197 e. The molecule has 0 radical (unpaired) electrons. The van der Waals surface area contributed by atoms with E-state index in [2.05, 4.69) is 12.6 Å². The third-order valence-electron chi connectivity index (χ3n) is 1.35. The highest BCUT2D eigenvalue weighted by Crippen LogP contribution is 2.21. The molecule has 0 aliphatic heterocycles. The van der Waals surface area contributed by atoms with Crippen LogP contribution >= 0.6 is 0 Å². The molecular weight excluding hydrogens is 98.1 g/mol. The van der Waals surface area contributed by atoms with E-state index in [-0.39, 0.29) is 5.41 Å². The van der Waals surface area contributed by atoms with Gasteiger partial charge in [-0.2, -0.15) is 5.26 Å². The van der Waals surface area contributed by atoms with Crippen LogP contribution in [0.5, 0.6) is 0 Å². The Morgan fingerprint density at radius 1 is 1.62 bits per heavy atom. The molecule has 0 rings (SSSR count). The third kappa shape index (κ3) is 1.38. The van der Waals surface area contributed by atoms with E-state index in [9.17, 15) is 0 Å². The van der Waals surface area contributed by atoms with Gasteiger partial charge < -0.3 is 0 Å². The maximum absolute atomic E-state index is 8.45. The molecule has 44 valence electrons. The minimum Gasteiger partial charge on any atom is -0.197 e. The lowest BCUT2D eigenvalue weighted by Crippen LogP contribution is -2.07. The standard InChI is InChI=1S/C7H11N/c1-6(2)7(3,4)5-8/h1H2,2-4H3. The van der Waals surface area contributed by atoms with Crippen molar-refractivity contribution in [2.45, 2.75) is 20.8 Å². The van der Waals surface area contributed by atoms with E-state index in [0.717, 1.165) is 5.57 Å². The Labute approximate surface area is 50.6 Å². The molecule has 0 atom stereocenters. The lowest BCUT2D eigenvalue weighted by molar-refractivity contribution is 0.599. The minimum atomic E-state index is -0.347. The lowest BCUT2D eigenvalue weighted by Gasteiger charge is -2.13. The Morgan fingerprint density at radius 2 is 2.00 bits per heavy atom. The first-order valence-electron chi connectivity index (χ1n) is 2.58. The molecular formula is C7H11N. The summed E-state index contributed by atoms with van der Waals surface area (Å²) in [5.41, 5.74) is 0.569. The highest BCUT2D eigenvalue weighted by molar-refractivity contribution is 5.14. The molecule has 0 saturated heterocycles. The van der Waals surface area contributed by atoms with Crippen LogP contribution in [0, 0.1) is 16.7 Å². The van der Waals surface area contributed by atoms with Gasteiger partial charge in [-0.05, 0) is 20.8 Å². The second kappa shape index (κ2) is 2.00. The summed E-state index contributed by atoms with van der Waals surface area (Å²) in [6.45, 7) is 9.25. The summed E-state index contributed by atoms with van der Waals surface area (Å²) in [4.78, 5) is 0. The summed E-state index contributed by atoms with van der Waals surface area (Å²) >= 11 is 0. The molecule has 0 aliphatic rings. The Balaban J connectivity index is 4.19.